The number of carbonyl (C=O) groups is 4. The monoisotopic (exact) mass is 1280 g/mol. The van der Waals surface area contributed by atoms with Gasteiger partial charge in [0.2, 0.25) is 11.8 Å². The number of phosphoric acid groups is 1. The van der Waals surface area contributed by atoms with Crippen molar-refractivity contribution < 1.29 is 86.5 Å². The van der Waals surface area contributed by atoms with Crippen molar-refractivity contribution in [3.8, 4) is 0 Å². The Morgan fingerprint density at radius 3 is 1.50 bits per heavy atom. The lowest BCUT2D eigenvalue weighted by Gasteiger charge is -2.47. The Balaban J connectivity index is 2.41. The number of aliphatic hydroxyl groups excluding tert-OH is 2. The number of hydrogen-bond donors (Lipinski definition) is 7. The van der Waals surface area contributed by atoms with Crippen molar-refractivity contribution in [1.82, 2.24) is 10.6 Å². The largest absolute Gasteiger partial charge is 0.480 e. The molecule has 2 aliphatic heterocycles. The molecule has 2 fully saturated rings. The molecule has 516 valence electrons. The zero-order valence-electron chi connectivity index (χ0n) is 55.3. The fraction of sp³-hybridized carbons (Fsp3) is 0.910. The van der Waals surface area contributed by atoms with E-state index in [1.165, 1.54) is 57.8 Å². The number of ether oxygens (including phenoxy) is 7. The summed E-state index contributed by atoms with van der Waals surface area (Å²) in [7, 11) is -3.67. The van der Waals surface area contributed by atoms with Crippen molar-refractivity contribution in [1.29, 1.82) is 0 Å². The molecule has 0 aromatic heterocycles. The number of nitrogens with one attached hydrogen (secondary N) is 2. The number of amides is 2. The van der Waals surface area contributed by atoms with Gasteiger partial charge >= 0.3 is 13.8 Å². The minimum absolute atomic E-state index is 0.00281. The standard InChI is InChI=1S/C67H125N2O18P/c1-6-10-14-18-21-24-25-26-27-28-29-30-32-36-40-44-57(72)68-61-65(82-49-47-54(80-5)43-39-34-17-13-9-4)63(87-88(77,78)79)55(50-70)85-67(61)83-51-56-62(76)64(81-48-41-37-33-23-20-16-12-8-3)60(66(86-56)84-52-59(74)75)69-58(73)46-45-53(71)42-38-35-31-22-19-15-11-7-2/h24-25,54-56,60-67,70,76H,6-23,26-52H2,1-5H3,(H,68,72)(H,69,73)(H,74,75)(H2,77,78,79)/b25-24-/t54?,55-,56-,60-,61?,62-,63?,64-,65-,66+,67-/m1/s1. The summed E-state index contributed by atoms with van der Waals surface area (Å²) in [6.07, 6.45) is 30.2. The number of unbranched alkanes of at least 4 members (excludes halogenated alkanes) is 29. The predicted octanol–water partition coefficient (Wildman–Crippen LogP) is 12.9. The average molecular weight is 1280 g/mol. The van der Waals surface area contributed by atoms with E-state index in [0.717, 1.165) is 154 Å². The summed E-state index contributed by atoms with van der Waals surface area (Å²) in [6.45, 7) is 6.70. The molecule has 0 aliphatic carbocycles. The Morgan fingerprint density at radius 1 is 0.511 bits per heavy atom. The minimum atomic E-state index is -5.28. The summed E-state index contributed by atoms with van der Waals surface area (Å²) in [6, 6.07) is -2.55. The summed E-state index contributed by atoms with van der Waals surface area (Å²) in [5.41, 5.74) is 0. The number of hydrogen-bond acceptors (Lipinski definition) is 15. The third-order valence-electron chi connectivity index (χ3n) is 16.8. The van der Waals surface area contributed by atoms with Gasteiger partial charge in [-0.05, 0) is 57.8 Å². The van der Waals surface area contributed by atoms with E-state index >= 15 is 0 Å². The molecule has 0 radical (unpaired) electrons. The van der Waals surface area contributed by atoms with Crippen LogP contribution in [0.15, 0.2) is 12.2 Å². The van der Waals surface area contributed by atoms with Crippen LogP contribution in [0.1, 0.15) is 285 Å². The van der Waals surface area contributed by atoms with Crippen molar-refractivity contribution in [2.75, 3.05) is 40.1 Å². The number of Topliss-reactive ketones (excluding diaryl/α,β-unsaturated/α-hetero) is 1. The van der Waals surface area contributed by atoms with Crippen LogP contribution < -0.4 is 10.6 Å². The predicted molar refractivity (Wildman–Crippen MR) is 343 cm³/mol. The van der Waals surface area contributed by atoms with Gasteiger partial charge in [0.05, 0.1) is 19.3 Å². The van der Waals surface area contributed by atoms with E-state index in [1.54, 1.807) is 7.11 Å². The number of carboxylic acid groups (broad SMARTS) is 1. The van der Waals surface area contributed by atoms with E-state index in [1.807, 2.05) is 0 Å². The second kappa shape index (κ2) is 53.0. The van der Waals surface area contributed by atoms with E-state index in [2.05, 4.69) is 50.5 Å². The SMILES string of the molecule is CCCCCC/C=C\CCCCCCCCCC(=O)NC1[C@H](OC[C@H]2O[C@H](OCC(=O)O)[C@H](NC(=O)CCC(=O)CCCCCCCCCC)[C@@H](OCCCCCCCCCC)[C@@H]2O)O[C@H](CO)C(OP(=O)(O)O)[C@@H]1OCCC(CCCCCCC)OC. The van der Waals surface area contributed by atoms with Crippen LogP contribution in [0.3, 0.4) is 0 Å². The van der Waals surface area contributed by atoms with Crippen molar-refractivity contribution in [2.45, 2.75) is 352 Å². The van der Waals surface area contributed by atoms with Crippen LogP contribution in [0.4, 0.5) is 0 Å². The van der Waals surface area contributed by atoms with Crippen LogP contribution in [0.25, 0.3) is 0 Å². The first kappa shape index (κ1) is 81.7. The maximum absolute atomic E-state index is 14.1. The Morgan fingerprint density at radius 2 is 0.966 bits per heavy atom. The Labute approximate surface area is 530 Å². The maximum Gasteiger partial charge on any atom is 0.470 e. The number of aliphatic hydroxyl groups is 2. The summed E-state index contributed by atoms with van der Waals surface area (Å²) >= 11 is 0. The van der Waals surface area contributed by atoms with Crippen LogP contribution in [-0.2, 0) is 61.4 Å². The van der Waals surface area contributed by atoms with Crippen molar-refractivity contribution in [3.05, 3.63) is 12.2 Å². The van der Waals surface area contributed by atoms with Gasteiger partial charge in [-0.15, -0.1) is 0 Å². The van der Waals surface area contributed by atoms with E-state index < -0.39 is 107 Å². The molecule has 0 bridgehead atoms. The molecule has 0 spiro atoms. The summed E-state index contributed by atoms with van der Waals surface area (Å²) in [5.74, 6) is -2.35. The molecule has 0 aromatic rings. The highest BCUT2D eigenvalue weighted by Gasteiger charge is 2.52. The summed E-state index contributed by atoms with van der Waals surface area (Å²) in [4.78, 5) is 73.3. The normalized spacial score (nSPS) is 22.7. The topological polar surface area (TPSA) is 284 Å². The lowest BCUT2D eigenvalue weighted by Crippen LogP contribution is -2.67. The molecule has 0 saturated carbocycles. The van der Waals surface area contributed by atoms with E-state index in [-0.39, 0.29) is 44.4 Å². The van der Waals surface area contributed by atoms with Gasteiger partial charge in [0.1, 0.15) is 61.1 Å². The van der Waals surface area contributed by atoms with Crippen molar-refractivity contribution in [3.63, 3.8) is 0 Å². The summed E-state index contributed by atoms with van der Waals surface area (Å²) in [5, 5.41) is 38.6. The van der Waals surface area contributed by atoms with Crippen LogP contribution in [0, 0.1) is 0 Å². The van der Waals surface area contributed by atoms with Gasteiger partial charge < -0.3 is 68.9 Å². The zero-order valence-corrected chi connectivity index (χ0v) is 56.2. The lowest BCUT2D eigenvalue weighted by molar-refractivity contribution is -0.307. The molecule has 21 heteroatoms. The van der Waals surface area contributed by atoms with Gasteiger partial charge in [-0.3, -0.25) is 18.9 Å². The Hall–Kier alpha value is -2.43. The molecule has 2 rings (SSSR count). The molecule has 7 N–H and O–H groups in total. The van der Waals surface area contributed by atoms with E-state index in [9.17, 15) is 48.8 Å². The lowest BCUT2D eigenvalue weighted by atomic mass is 9.95. The first-order valence-corrected chi connectivity index (χ1v) is 36.5. The van der Waals surface area contributed by atoms with Crippen LogP contribution in [0.2, 0.25) is 0 Å². The number of rotatable bonds is 59. The van der Waals surface area contributed by atoms with Crippen LogP contribution >= 0.6 is 7.82 Å². The molecule has 2 aliphatic rings. The number of allylic oxidation sites excluding steroid dienone is 2. The van der Waals surface area contributed by atoms with E-state index in [0.29, 0.717) is 25.7 Å². The number of ketones is 1. The fourth-order valence-corrected chi connectivity index (χ4v) is 12.1. The molecule has 3 unspecified atom stereocenters. The molecule has 0 aromatic carbocycles. The van der Waals surface area contributed by atoms with Gasteiger partial charge in [-0.2, -0.15) is 0 Å². The highest BCUT2D eigenvalue weighted by Crippen LogP contribution is 2.42. The fourth-order valence-electron chi connectivity index (χ4n) is 11.6. The van der Waals surface area contributed by atoms with Gasteiger partial charge in [-0.25, -0.2) is 9.36 Å². The number of phosphoric ester groups is 1. The number of carbonyl (C=O) groups excluding carboxylic acids is 3. The molecular formula is C67H125N2O18P. The number of carboxylic acids is 1. The maximum atomic E-state index is 14.1. The number of aliphatic carboxylic acids is 1. The van der Waals surface area contributed by atoms with Crippen molar-refractivity contribution in [2.24, 2.45) is 0 Å². The molecule has 88 heavy (non-hydrogen) atoms. The minimum Gasteiger partial charge on any atom is -0.480 e. The zero-order chi connectivity index (χ0) is 64.5. The molecule has 11 atom stereocenters. The third-order valence-corrected chi connectivity index (χ3v) is 17.4. The second-order valence-electron chi connectivity index (χ2n) is 24.6. The molecule has 2 saturated heterocycles. The van der Waals surface area contributed by atoms with Crippen LogP contribution in [0.5, 0.6) is 0 Å². The third kappa shape index (κ3) is 39.2. The first-order chi connectivity index (χ1) is 42.6. The number of methoxy groups -OCH3 is 1. The molecule has 2 amide bonds. The quantitative estimate of drug-likeness (QED) is 0.0169. The molecular weight excluding hydrogens is 1150 g/mol. The second-order valence-corrected chi connectivity index (χ2v) is 25.8. The molecule has 2 heterocycles. The first-order valence-electron chi connectivity index (χ1n) is 34.9. The highest BCUT2D eigenvalue weighted by atomic mass is 31.2. The van der Waals surface area contributed by atoms with Gasteiger partial charge in [0.15, 0.2) is 12.6 Å². The van der Waals surface area contributed by atoms with Crippen LogP contribution in [-0.4, -0.2) is 156 Å². The van der Waals surface area contributed by atoms with E-state index in [4.69, 9.17) is 37.7 Å². The van der Waals surface area contributed by atoms with Gasteiger partial charge in [0, 0.05) is 46.0 Å². The highest BCUT2D eigenvalue weighted by molar-refractivity contribution is 7.46. The Bertz CT molecular complexity index is 1830. The van der Waals surface area contributed by atoms with Crippen molar-refractivity contribution >= 4 is 31.4 Å². The van der Waals surface area contributed by atoms with Gasteiger partial charge in [-0.1, -0.05) is 213 Å². The Kier molecular flexibility index (Phi) is 49.2. The molecule has 20 nitrogen and oxygen atoms in total. The summed E-state index contributed by atoms with van der Waals surface area (Å²) < 4.78 is 61.4. The average Bonchev–Trinajstić information content (AvgIpc) is 0.923. The van der Waals surface area contributed by atoms with Gasteiger partial charge in [0.25, 0.3) is 0 Å². The smallest absolute Gasteiger partial charge is 0.470 e.